The van der Waals surface area contributed by atoms with E-state index in [0.29, 0.717) is 16.6 Å². The predicted octanol–water partition coefficient (Wildman–Crippen LogP) is 1.59. The van der Waals surface area contributed by atoms with Crippen LogP contribution in [-0.2, 0) is 14.8 Å². The Kier molecular flexibility index (Phi) is 5.42. The Hall–Kier alpha value is -1.88. The molecule has 0 atom stereocenters. The average molecular weight is 382 g/mol. The molecule has 1 aliphatic carbocycles. The van der Waals surface area contributed by atoms with Gasteiger partial charge in [0.2, 0.25) is 15.2 Å². The fourth-order valence-corrected chi connectivity index (χ4v) is 4.02. The number of hydrogen-bond acceptors (Lipinski definition) is 7. The van der Waals surface area contributed by atoms with E-state index in [1.54, 1.807) is 0 Å². The quantitative estimate of drug-likeness (QED) is 0.671. The van der Waals surface area contributed by atoms with E-state index in [2.05, 4.69) is 20.2 Å². The van der Waals surface area contributed by atoms with Crippen LogP contribution in [0.5, 0.6) is 0 Å². The summed E-state index contributed by atoms with van der Waals surface area (Å²) < 4.78 is 31.4. The summed E-state index contributed by atoms with van der Waals surface area (Å²) in [5.74, 6) is 0.132. The first-order valence-electron chi connectivity index (χ1n) is 7.73. The monoisotopic (exact) mass is 382 g/mol. The highest BCUT2D eigenvalue weighted by Crippen LogP contribution is 2.42. The number of amides is 1. The number of carbonyl (C=O) groups excluding carboxylic acids is 1. The van der Waals surface area contributed by atoms with Crippen LogP contribution in [0.4, 0.5) is 5.13 Å². The molecule has 0 unspecified atom stereocenters. The molecule has 0 spiro atoms. The first-order chi connectivity index (χ1) is 12.0. The molecule has 8 nitrogen and oxygen atoms in total. The minimum atomic E-state index is -3.62. The first kappa shape index (κ1) is 17.9. The molecule has 10 heteroatoms. The number of carbonyl (C=O) groups is 1. The van der Waals surface area contributed by atoms with Gasteiger partial charge in [0, 0.05) is 25.1 Å². The van der Waals surface area contributed by atoms with Gasteiger partial charge < -0.3 is 4.74 Å². The summed E-state index contributed by atoms with van der Waals surface area (Å²) in [6.07, 6.45) is 2.24. The lowest BCUT2D eigenvalue weighted by atomic mass is 10.2. The number of aromatic nitrogens is 2. The Morgan fingerprint density at radius 3 is 2.64 bits per heavy atom. The van der Waals surface area contributed by atoms with Crippen molar-refractivity contribution in [3.8, 4) is 0 Å². The zero-order valence-corrected chi connectivity index (χ0v) is 15.2. The van der Waals surface area contributed by atoms with Gasteiger partial charge in [-0.2, -0.15) is 0 Å². The number of ether oxygens (including phenoxy) is 1. The van der Waals surface area contributed by atoms with Crippen LogP contribution >= 0.6 is 11.3 Å². The van der Waals surface area contributed by atoms with E-state index in [1.807, 2.05) is 0 Å². The van der Waals surface area contributed by atoms with Crippen LogP contribution in [0.1, 0.15) is 34.1 Å². The average Bonchev–Trinajstić information content (AvgIpc) is 3.35. The van der Waals surface area contributed by atoms with E-state index in [1.165, 1.54) is 42.7 Å². The Labute approximate surface area is 149 Å². The van der Waals surface area contributed by atoms with Crippen molar-refractivity contribution in [3.63, 3.8) is 0 Å². The number of nitrogens with one attached hydrogen (secondary N) is 2. The maximum Gasteiger partial charge on any atom is 0.257 e. The van der Waals surface area contributed by atoms with Crippen molar-refractivity contribution in [1.82, 2.24) is 14.9 Å². The zero-order chi connectivity index (χ0) is 17.9. The lowest BCUT2D eigenvalue weighted by Gasteiger charge is -2.07. The first-order valence-corrected chi connectivity index (χ1v) is 10.0. The lowest BCUT2D eigenvalue weighted by molar-refractivity contribution is 0.102. The predicted molar refractivity (Wildman–Crippen MR) is 93.3 cm³/mol. The fourth-order valence-electron chi connectivity index (χ4n) is 2.10. The molecule has 0 radical (unpaired) electrons. The summed E-state index contributed by atoms with van der Waals surface area (Å²) in [4.78, 5) is 12.3. The number of sulfonamides is 1. The van der Waals surface area contributed by atoms with Crippen LogP contribution in [0.3, 0.4) is 0 Å². The third-order valence-corrected chi connectivity index (χ3v) is 6.09. The number of anilines is 1. The van der Waals surface area contributed by atoms with Crippen molar-refractivity contribution >= 4 is 32.4 Å². The molecule has 3 rings (SSSR count). The number of hydrogen-bond donors (Lipinski definition) is 2. The van der Waals surface area contributed by atoms with E-state index >= 15 is 0 Å². The van der Waals surface area contributed by atoms with E-state index < -0.39 is 10.0 Å². The number of rotatable bonds is 8. The van der Waals surface area contributed by atoms with Crippen molar-refractivity contribution in [3.05, 3.63) is 34.8 Å². The summed E-state index contributed by atoms with van der Waals surface area (Å²) in [6.45, 7) is 0.464. The molecule has 134 valence electrons. The third kappa shape index (κ3) is 4.60. The number of methoxy groups -OCH3 is 1. The summed E-state index contributed by atoms with van der Waals surface area (Å²) in [5, 5.41) is 12.1. The van der Waals surface area contributed by atoms with Crippen molar-refractivity contribution in [2.45, 2.75) is 23.7 Å². The van der Waals surface area contributed by atoms with E-state index in [0.717, 1.165) is 17.8 Å². The van der Waals surface area contributed by atoms with E-state index in [4.69, 9.17) is 4.74 Å². The molecule has 2 aromatic rings. The number of nitrogens with zero attached hydrogens (tertiary/aromatic N) is 2. The van der Waals surface area contributed by atoms with Crippen LogP contribution < -0.4 is 10.0 Å². The van der Waals surface area contributed by atoms with Crippen LogP contribution in [0.25, 0.3) is 0 Å². The largest absolute Gasteiger partial charge is 0.383 e. The highest BCUT2D eigenvalue weighted by Gasteiger charge is 2.27. The summed E-state index contributed by atoms with van der Waals surface area (Å²) in [5.41, 5.74) is 0.346. The van der Waals surface area contributed by atoms with Gasteiger partial charge >= 0.3 is 0 Å². The van der Waals surface area contributed by atoms with Gasteiger partial charge in [0.25, 0.3) is 5.91 Å². The molecule has 1 aromatic carbocycles. The highest BCUT2D eigenvalue weighted by atomic mass is 32.2. The zero-order valence-electron chi connectivity index (χ0n) is 13.6. The van der Waals surface area contributed by atoms with Crippen LogP contribution in [-0.4, -0.2) is 44.8 Å². The van der Waals surface area contributed by atoms with Gasteiger partial charge in [-0.25, -0.2) is 13.1 Å². The maximum atomic E-state index is 12.2. The van der Waals surface area contributed by atoms with Gasteiger partial charge in [0.1, 0.15) is 5.01 Å². The smallest absolute Gasteiger partial charge is 0.257 e. The van der Waals surface area contributed by atoms with Crippen molar-refractivity contribution in [2.75, 3.05) is 25.6 Å². The minimum absolute atomic E-state index is 0.0899. The highest BCUT2D eigenvalue weighted by molar-refractivity contribution is 7.89. The third-order valence-electron chi connectivity index (χ3n) is 3.61. The summed E-state index contributed by atoms with van der Waals surface area (Å²) in [6, 6.07) is 5.70. The molecule has 1 aromatic heterocycles. The van der Waals surface area contributed by atoms with Gasteiger partial charge in [0.15, 0.2) is 0 Å². The molecule has 1 heterocycles. The second-order valence-electron chi connectivity index (χ2n) is 5.59. The van der Waals surface area contributed by atoms with Gasteiger partial charge in [-0.1, -0.05) is 11.3 Å². The molecular formula is C15H18N4O4S2. The van der Waals surface area contributed by atoms with Crippen molar-refractivity contribution in [2.24, 2.45) is 0 Å². The van der Waals surface area contributed by atoms with Gasteiger partial charge in [-0.05, 0) is 37.1 Å². The van der Waals surface area contributed by atoms with E-state index in [-0.39, 0.29) is 24.0 Å². The Balaban J connectivity index is 1.63. The second-order valence-corrected chi connectivity index (χ2v) is 8.36. The molecular weight excluding hydrogens is 364 g/mol. The minimum Gasteiger partial charge on any atom is -0.383 e. The second kappa shape index (κ2) is 7.56. The molecule has 25 heavy (non-hydrogen) atoms. The molecule has 0 saturated heterocycles. The lowest BCUT2D eigenvalue weighted by Crippen LogP contribution is -2.27. The Morgan fingerprint density at radius 1 is 1.28 bits per heavy atom. The molecule has 1 fully saturated rings. The molecule has 0 aliphatic heterocycles. The topological polar surface area (TPSA) is 110 Å². The summed E-state index contributed by atoms with van der Waals surface area (Å²) >= 11 is 1.37. The number of benzene rings is 1. The SMILES string of the molecule is COCCNS(=O)(=O)c1ccc(C(=O)Nc2nnc(C3CC3)s2)cc1. The standard InChI is InChI=1S/C15H18N4O4S2/c1-23-9-8-16-25(21,22)12-6-4-10(5-7-12)13(20)17-15-19-18-14(24-15)11-2-3-11/h4-7,11,16H,2-3,8-9H2,1H3,(H,17,19,20). The van der Waals surface area contributed by atoms with Gasteiger partial charge in [-0.3, -0.25) is 10.1 Å². The summed E-state index contributed by atoms with van der Waals surface area (Å²) in [7, 11) is -2.12. The van der Waals surface area contributed by atoms with Crippen molar-refractivity contribution < 1.29 is 17.9 Å². The molecule has 1 saturated carbocycles. The van der Waals surface area contributed by atoms with E-state index in [9.17, 15) is 13.2 Å². The van der Waals surface area contributed by atoms with Crippen LogP contribution in [0.2, 0.25) is 0 Å². The molecule has 2 N–H and O–H groups in total. The molecule has 1 amide bonds. The van der Waals surface area contributed by atoms with Gasteiger partial charge in [0.05, 0.1) is 11.5 Å². The molecule has 0 bridgehead atoms. The Morgan fingerprint density at radius 2 is 2.00 bits per heavy atom. The fraction of sp³-hybridized carbons (Fsp3) is 0.400. The molecule has 1 aliphatic rings. The maximum absolute atomic E-state index is 12.2. The van der Waals surface area contributed by atoms with Gasteiger partial charge in [-0.15, -0.1) is 10.2 Å². The van der Waals surface area contributed by atoms with Crippen molar-refractivity contribution in [1.29, 1.82) is 0 Å². The Bertz CT molecular complexity index is 845. The van der Waals surface area contributed by atoms with Crippen LogP contribution in [0, 0.1) is 0 Å². The van der Waals surface area contributed by atoms with Crippen LogP contribution in [0.15, 0.2) is 29.2 Å². The normalized spacial score (nSPS) is 14.4.